The standard InChI is InChI=1S/C6H3F4NO/c7-5-1-3(6(8,9)10)4(12)2-11-5/h1-2,12H. The van der Waals surface area contributed by atoms with Crippen LogP contribution < -0.4 is 0 Å². The van der Waals surface area contributed by atoms with Crippen molar-refractivity contribution < 1.29 is 22.7 Å². The number of aromatic hydroxyl groups is 1. The van der Waals surface area contributed by atoms with Gasteiger partial charge in [-0.05, 0) is 0 Å². The van der Waals surface area contributed by atoms with Crippen LogP contribution in [0.2, 0.25) is 0 Å². The van der Waals surface area contributed by atoms with Crippen LogP contribution in [-0.4, -0.2) is 10.1 Å². The van der Waals surface area contributed by atoms with Crippen molar-refractivity contribution in [1.29, 1.82) is 0 Å². The molecule has 1 rings (SSSR count). The lowest BCUT2D eigenvalue weighted by Crippen LogP contribution is -2.06. The van der Waals surface area contributed by atoms with Crippen molar-refractivity contribution in [2.75, 3.05) is 0 Å². The third-order valence-electron chi connectivity index (χ3n) is 1.15. The van der Waals surface area contributed by atoms with Crippen molar-refractivity contribution in [2.24, 2.45) is 0 Å². The molecule has 0 saturated carbocycles. The molecule has 0 radical (unpaired) electrons. The molecule has 1 aromatic rings. The zero-order valence-electron chi connectivity index (χ0n) is 5.56. The number of hydrogen-bond acceptors (Lipinski definition) is 2. The molecule has 2 nitrogen and oxygen atoms in total. The molecule has 0 aliphatic rings. The summed E-state index contributed by atoms with van der Waals surface area (Å²) in [6.07, 6.45) is -4.34. The second-order valence-corrected chi connectivity index (χ2v) is 2.02. The summed E-state index contributed by atoms with van der Waals surface area (Å²) < 4.78 is 47.8. The van der Waals surface area contributed by atoms with Crippen LogP contribution >= 0.6 is 0 Å². The van der Waals surface area contributed by atoms with Gasteiger partial charge in [-0.15, -0.1) is 0 Å². The zero-order valence-corrected chi connectivity index (χ0v) is 5.56. The van der Waals surface area contributed by atoms with Crippen LogP contribution in [0.1, 0.15) is 5.56 Å². The molecule has 0 saturated heterocycles. The van der Waals surface area contributed by atoms with Gasteiger partial charge in [-0.2, -0.15) is 17.6 Å². The minimum atomic E-state index is -4.76. The molecule has 0 amide bonds. The average Bonchev–Trinajstić information content (AvgIpc) is 1.92. The molecule has 1 heterocycles. The molecule has 0 atom stereocenters. The first-order valence-corrected chi connectivity index (χ1v) is 2.83. The number of nitrogens with zero attached hydrogens (tertiary/aromatic N) is 1. The smallest absolute Gasteiger partial charge is 0.420 e. The van der Waals surface area contributed by atoms with Gasteiger partial charge in [0.25, 0.3) is 0 Å². The number of hydrogen-bond donors (Lipinski definition) is 1. The van der Waals surface area contributed by atoms with Crippen LogP contribution in [0.5, 0.6) is 5.75 Å². The first-order chi connectivity index (χ1) is 5.41. The van der Waals surface area contributed by atoms with E-state index in [4.69, 9.17) is 5.11 Å². The molecule has 1 aromatic heterocycles. The molecule has 0 spiro atoms. The van der Waals surface area contributed by atoms with Gasteiger partial charge in [-0.25, -0.2) is 4.98 Å². The number of rotatable bonds is 0. The molecule has 12 heavy (non-hydrogen) atoms. The SMILES string of the molecule is Oc1cnc(F)cc1C(F)(F)F. The highest BCUT2D eigenvalue weighted by Crippen LogP contribution is 2.34. The fourth-order valence-corrected chi connectivity index (χ4v) is 0.650. The summed E-state index contributed by atoms with van der Waals surface area (Å²) in [5.74, 6) is -2.36. The molecule has 0 fully saturated rings. The number of halogens is 4. The van der Waals surface area contributed by atoms with Crippen molar-refractivity contribution >= 4 is 0 Å². The first kappa shape index (κ1) is 8.76. The van der Waals surface area contributed by atoms with Gasteiger partial charge in [0.1, 0.15) is 11.3 Å². The predicted molar refractivity (Wildman–Crippen MR) is 30.9 cm³/mol. The van der Waals surface area contributed by atoms with E-state index in [9.17, 15) is 17.6 Å². The quantitative estimate of drug-likeness (QED) is 0.490. The highest BCUT2D eigenvalue weighted by atomic mass is 19.4. The number of pyridine rings is 1. The number of aromatic nitrogens is 1. The molecule has 0 bridgehead atoms. The Morgan fingerprint density at radius 1 is 1.33 bits per heavy atom. The van der Waals surface area contributed by atoms with E-state index in [2.05, 4.69) is 4.98 Å². The summed E-state index contributed by atoms with van der Waals surface area (Å²) in [6.45, 7) is 0. The van der Waals surface area contributed by atoms with Gasteiger partial charge < -0.3 is 5.11 Å². The Labute approximate surface area is 64.5 Å². The summed E-state index contributed by atoms with van der Waals surface area (Å²) in [5.41, 5.74) is -1.42. The van der Waals surface area contributed by atoms with Crippen molar-refractivity contribution in [1.82, 2.24) is 4.98 Å². The molecule has 0 unspecified atom stereocenters. The first-order valence-electron chi connectivity index (χ1n) is 2.83. The second-order valence-electron chi connectivity index (χ2n) is 2.02. The van der Waals surface area contributed by atoms with E-state index in [1.54, 1.807) is 0 Å². The lowest BCUT2D eigenvalue weighted by molar-refractivity contribution is -0.139. The average molecular weight is 181 g/mol. The maximum Gasteiger partial charge on any atom is 0.420 e. The van der Waals surface area contributed by atoms with Gasteiger partial charge in [-0.1, -0.05) is 0 Å². The largest absolute Gasteiger partial charge is 0.506 e. The van der Waals surface area contributed by atoms with Crippen molar-refractivity contribution in [3.05, 3.63) is 23.8 Å². The van der Waals surface area contributed by atoms with Crippen molar-refractivity contribution in [2.45, 2.75) is 6.18 Å². The number of alkyl halides is 3. The van der Waals surface area contributed by atoms with Gasteiger partial charge in [0, 0.05) is 6.07 Å². The van der Waals surface area contributed by atoms with E-state index in [0.29, 0.717) is 6.20 Å². The second kappa shape index (κ2) is 2.62. The minimum Gasteiger partial charge on any atom is -0.506 e. The van der Waals surface area contributed by atoms with E-state index >= 15 is 0 Å². The van der Waals surface area contributed by atoms with E-state index in [0.717, 1.165) is 0 Å². The summed E-state index contributed by atoms with van der Waals surface area (Å²) in [6, 6.07) is 0.134. The van der Waals surface area contributed by atoms with Gasteiger partial charge in [0.2, 0.25) is 5.95 Å². The van der Waals surface area contributed by atoms with E-state index in [1.165, 1.54) is 0 Å². The van der Waals surface area contributed by atoms with Gasteiger partial charge in [0.05, 0.1) is 6.20 Å². The van der Waals surface area contributed by atoms with Crippen LogP contribution in [0.25, 0.3) is 0 Å². The zero-order chi connectivity index (χ0) is 9.35. The minimum absolute atomic E-state index is 0.134. The highest BCUT2D eigenvalue weighted by Gasteiger charge is 2.34. The summed E-state index contributed by atoms with van der Waals surface area (Å²) in [4.78, 5) is 2.84. The van der Waals surface area contributed by atoms with E-state index in [1.807, 2.05) is 0 Å². The summed E-state index contributed by atoms with van der Waals surface area (Å²) >= 11 is 0. The topological polar surface area (TPSA) is 33.1 Å². The Balaban J connectivity index is 3.23. The molecule has 66 valence electrons. The Morgan fingerprint density at radius 3 is 2.33 bits per heavy atom. The third kappa shape index (κ3) is 1.63. The Kier molecular flexibility index (Phi) is 1.91. The lowest BCUT2D eigenvalue weighted by Gasteiger charge is -2.07. The predicted octanol–water partition coefficient (Wildman–Crippen LogP) is 1.95. The van der Waals surface area contributed by atoms with E-state index in [-0.39, 0.29) is 6.07 Å². The molecular weight excluding hydrogens is 178 g/mol. The van der Waals surface area contributed by atoms with Crippen LogP contribution in [0.4, 0.5) is 17.6 Å². The normalized spacial score (nSPS) is 11.7. The molecule has 0 aliphatic carbocycles. The van der Waals surface area contributed by atoms with Crippen LogP contribution in [0.3, 0.4) is 0 Å². The van der Waals surface area contributed by atoms with Crippen LogP contribution in [-0.2, 0) is 6.18 Å². The fraction of sp³-hybridized carbons (Fsp3) is 0.167. The monoisotopic (exact) mass is 181 g/mol. The van der Waals surface area contributed by atoms with Gasteiger partial charge in [-0.3, -0.25) is 0 Å². The van der Waals surface area contributed by atoms with Crippen molar-refractivity contribution in [3.8, 4) is 5.75 Å². The molecule has 0 aliphatic heterocycles. The Morgan fingerprint density at radius 2 is 1.92 bits per heavy atom. The molecule has 1 N–H and O–H groups in total. The molecule has 0 aromatic carbocycles. The maximum absolute atomic E-state index is 12.2. The van der Waals surface area contributed by atoms with Gasteiger partial charge in [0.15, 0.2) is 0 Å². The van der Waals surface area contributed by atoms with Gasteiger partial charge >= 0.3 is 6.18 Å². The maximum atomic E-state index is 12.2. The summed E-state index contributed by atoms with van der Waals surface area (Å²) in [7, 11) is 0. The van der Waals surface area contributed by atoms with E-state index < -0.39 is 23.4 Å². The lowest BCUT2D eigenvalue weighted by atomic mass is 10.2. The van der Waals surface area contributed by atoms with Crippen LogP contribution in [0, 0.1) is 5.95 Å². The fourth-order valence-electron chi connectivity index (χ4n) is 0.650. The van der Waals surface area contributed by atoms with Crippen molar-refractivity contribution in [3.63, 3.8) is 0 Å². The Hall–Kier alpha value is -1.33. The Bertz CT molecular complexity index is 296. The molecule has 6 heteroatoms. The highest BCUT2D eigenvalue weighted by molar-refractivity contribution is 5.31. The van der Waals surface area contributed by atoms with Crippen LogP contribution in [0.15, 0.2) is 12.3 Å². The summed E-state index contributed by atoms with van der Waals surface area (Å²) in [5, 5.41) is 8.62. The third-order valence-corrected chi connectivity index (χ3v) is 1.15. The molecular formula is C6H3F4NO.